The summed E-state index contributed by atoms with van der Waals surface area (Å²) in [5.74, 6) is 2.14. The van der Waals surface area contributed by atoms with Crippen molar-refractivity contribution in [2.45, 2.75) is 38.7 Å². The molecule has 2 heterocycles. The maximum atomic E-state index is 12.8. The average Bonchev–Trinajstić information content (AvgIpc) is 2.80. The molecule has 168 valence electrons. The summed E-state index contributed by atoms with van der Waals surface area (Å²) in [5, 5.41) is 0. The van der Waals surface area contributed by atoms with Gasteiger partial charge in [0.05, 0.1) is 26.2 Å². The lowest BCUT2D eigenvalue weighted by molar-refractivity contribution is -0.129. The molecule has 1 spiro atoms. The number of carbonyl (C=O) groups is 2. The van der Waals surface area contributed by atoms with Crippen molar-refractivity contribution in [3.8, 4) is 17.2 Å². The molecular formula is C26H29NO5. The SMILES string of the molecule is COc1ccc(OC)c(/C=C/C(=O)N2CCC3(CC2)CC(=O)c2ccc(C)c(C)c2O3)c1. The molecule has 1 fully saturated rings. The molecule has 2 aliphatic rings. The number of carbonyl (C=O) groups excluding carboxylic acids is 2. The van der Waals surface area contributed by atoms with Gasteiger partial charge < -0.3 is 19.1 Å². The smallest absolute Gasteiger partial charge is 0.246 e. The van der Waals surface area contributed by atoms with E-state index in [1.807, 2.05) is 44.2 Å². The van der Waals surface area contributed by atoms with Gasteiger partial charge in [0.2, 0.25) is 5.91 Å². The zero-order chi connectivity index (χ0) is 22.9. The molecule has 0 bridgehead atoms. The second-order valence-corrected chi connectivity index (χ2v) is 8.54. The molecule has 2 aromatic rings. The van der Waals surface area contributed by atoms with Crippen LogP contribution in [-0.2, 0) is 4.79 Å². The number of hydrogen-bond donors (Lipinski definition) is 0. The number of likely N-dealkylation sites (tertiary alicyclic amines) is 1. The Kier molecular flexibility index (Phi) is 5.96. The minimum atomic E-state index is -0.529. The molecule has 4 rings (SSSR count). The van der Waals surface area contributed by atoms with Gasteiger partial charge in [-0.2, -0.15) is 0 Å². The summed E-state index contributed by atoms with van der Waals surface area (Å²) in [6.07, 6.45) is 4.94. The monoisotopic (exact) mass is 435 g/mol. The maximum Gasteiger partial charge on any atom is 0.246 e. The third-order valence-corrected chi connectivity index (χ3v) is 6.61. The van der Waals surface area contributed by atoms with Crippen molar-refractivity contribution in [2.75, 3.05) is 27.3 Å². The summed E-state index contributed by atoms with van der Waals surface area (Å²) in [4.78, 5) is 27.4. The number of benzene rings is 2. The molecule has 0 atom stereocenters. The number of Topliss-reactive ketones (excluding diaryl/α,β-unsaturated/α-hetero) is 1. The quantitative estimate of drug-likeness (QED) is 0.668. The zero-order valence-electron chi connectivity index (χ0n) is 19.1. The van der Waals surface area contributed by atoms with Gasteiger partial charge in [0, 0.05) is 37.6 Å². The van der Waals surface area contributed by atoms with Gasteiger partial charge in [0.15, 0.2) is 5.78 Å². The molecule has 0 unspecified atom stereocenters. The number of piperidine rings is 1. The predicted molar refractivity (Wildman–Crippen MR) is 123 cm³/mol. The van der Waals surface area contributed by atoms with Crippen LogP contribution in [0.15, 0.2) is 36.4 Å². The first kappa shape index (κ1) is 21.9. The van der Waals surface area contributed by atoms with Gasteiger partial charge in [0.25, 0.3) is 0 Å². The first-order chi connectivity index (χ1) is 15.4. The van der Waals surface area contributed by atoms with Gasteiger partial charge in [0.1, 0.15) is 22.8 Å². The summed E-state index contributed by atoms with van der Waals surface area (Å²) < 4.78 is 17.1. The molecule has 0 aliphatic carbocycles. The van der Waals surface area contributed by atoms with Crippen LogP contribution in [0.5, 0.6) is 17.2 Å². The second kappa shape index (κ2) is 8.69. The molecule has 32 heavy (non-hydrogen) atoms. The molecule has 0 radical (unpaired) electrons. The van der Waals surface area contributed by atoms with Crippen LogP contribution in [0.4, 0.5) is 0 Å². The highest BCUT2D eigenvalue weighted by Gasteiger charge is 2.44. The Morgan fingerprint density at radius 2 is 1.84 bits per heavy atom. The Hall–Kier alpha value is -3.28. The third-order valence-electron chi connectivity index (χ3n) is 6.61. The van der Waals surface area contributed by atoms with E-state index in [0.29, 0.717) is 55.2 Å². The minimum absolute atomic E-state index is 0.0701. The van der Waals surface area contributed by atoms with Crippen LogP contribution in [0.25, 0.3) is 6.08 Å². The molecule has 2 aromatic carbocycles. The molecule has 1 amide bonds. The standard InChI is InChI=1S/C26H29NO5/c1-17-5-8-21-22(28)16-26(32-25(21)18(17)2)11-13-27(14-12-26)24(29)10-6-19-15-20(30-3)7-9-23(19)31-4/h5-10,15H,11-14,16H2,1-4H3/b10-6+. The lowest BCUT2D eigenvalue weighted by atomic mass is 9.81. The Morgan fingerprint density at radius 1 is 1.09 bits per heavy atom. The van der Waals surface area contributed by atoms with Crippen molar-refractivity contribution in [3.63, 3.8) is 0 Å². The molecule has 2 aliphatic heterocycles. The Labute approximate surface area is 188 Å². The predicted octanol–water partition coefficient (Wildman–Crippen LogP) is 4.36. The van der Waals surface area contributed by atoms with Crippen molar-refractivity contribution < 1.29 is 23.8 Å². The van der Waals surface area contributed by atoms with Gasteiger partial charge in [-0.25, -0.2) is 0 Å². The molecule has 6 nitrogen and oxygen atoms in total. The highest BCUT2D eigenvalue weighted by Crippen LogP contribution is 2.41. The highest BCUT2D eigenvalue weighted by molar-refractivity contribution is 6.01. The Bertz CT molecular complexity index is 1080. The lowest BCUT2D eigenvalue weighted by Gasteiger charge is -2.44. The van der Waals surface area contributed by atoms with Crippen LogP contribution in [0.3, 0.4) is 0 Å². The van der Waals surface area contributed by atoms with Crippen LogP contribution in [0, 0.1) is 13.8 Å². The molecular weight excluding hydrogens is 406 g/mol. The first-order valence-corrected chi connectivity index (χ1v) is 10.9. The van der Waals surface area contributed by atoms with Crippen LogP contribution in [0.2, 0.25) is 0 Å². The number of ether oxygens (including phenoxy) is 3. The maximum absolute atomic E-state index is 12.8. The van der Waals surface area contributed by atoms with Crippen molar-refractivity contribution in [3.05, 3.63) is 58.7 Å². The largest absolute Gasteiger partial charge is 0.497 e. The number of fused-ring (bicyclic) bond motifs is 1. The van der Waals surface area contributed by atoms with Crippen LogP contribution in [0.1, 0.15) is 46.3 Å². The van der Waals surface area contributed by atoms with Gasteiger partial charge in [-0.1, -0.05) is 6.07 Å². The van der Waals surface area contributed by atoms with Crippen molar-refractivity contribution >= 4 is 17.8 Å². The fourth-order valence-electron chi connectivity index (χ4n) is 4.43. The van der Waals surface area contributed by atoms with E-state index in [1.54, 1.807) is 31.3 Å². The zero-order valence-corrected chi connectivity index (χ0v) is 19.1. The van der Waals surface area contributed by atoms with Gasteiger partial charge in [-0.3, -0.25) is 9.59 Å². The molecule has 6 heteroatoms. The van der Waals surface area contributed by atoms with E-state index in [2.05, 4.69) is 0 Å². The number of amides is 1. The summed E-state index contributed by atoms with van der Waals surface area (Å²) in [7, 11) is 3.20. The van der Waals surface area contributed by atoms with E-state index in [0.717, 1.165) is 16.7 Å². The highest BCUT2D eigenvalue weighted by atomic mass is 16.5. The fourth-order valence-corrected chi connectivity index (χ4v) is 4.43. The summed E-state index contributed by atoms with van der Waals surface area (Å²) in [6, 6.07) is 9.29. The molecule has 0 N–H and O–H groups in total. The van der Waals surface area contributed by atoms with Gasteiger partial charge in [-0.15, -0.1) is 0 Å². The van der Waals surface area contributed by atoms with Crippen LogP contribution < -0.4 is 14.2 Å². The van der Waals surface area contributed by atoms with Gasteiger partial charge in [-0.05, 0) is 55.3 Å². The Morgan fingerprint density at radius 3 is 2.53 bits per heavy atom. The van der Waals surface area contributed by atoms with Gasteiger partial charge >= 0.3 is 0 Å². The normalized spacial score (nSPS) is 17.2. The van der Waals surface area contributed by atoms with E-state index in [9.17, 15) is 9.59 Å². The van der Waals surface area contributed by atoms with Crippen LogP contribution >= 0.6 is 0 Å². The van der Waals surface area contributed by atoms with E-state index in [1.165, 1.54) is 0 Å². The topological polar surface area (TPSA) is 65.1 Å². The third kappa shape index (κ3) is 4.09. The number of methoxy groups -OCH3 is 2. The summed E-state index contributed by atoms with van der Waals surface area (Å²) in [5.41, 5.74) is 3.05. The minimum Gasteiger partial charge on any atom is -0.497 e. The van der Waals surface area contributed by atoms with E-state index >= 15 is 0 Å². The number of hydrogen-bond acceptors (Lipinski definition) is 5. The van der Waals surface area contributed by atoms with E-state index in [-0.39, 0.29) is 11.7 Å². The first-order valence-electron chi connectivity index (χ1n) is 10.9. The second-order valence-electron chi connectivity index (χ2n) is 8.54. The number of rotatable bonds is 4. The number of ketones is 1. The number of aryl methyl sites for hydroxylation is 1. The van der Waals surface area contributed by atoms with E-state index in [4.69, 9.17) is 14.2 Å². The van der Waals surface area contributed by atoms with E-state index < -0.39 is 5.60 Å². The van der Waals surface area contributed by atoms with Crippen molar-refractivity contribution in [2.24, 2.45) is 0 Å². The Balaban J connectivity index is 1.45. The summed E-state index contributed by atoms with van der Waals surface area (Å²) in [6.45, 7) is 5.12. The average molecular weight is 436 g/mol. The number of nitrogens with zero attached hydrogens (tertiary/aromatic N) is 1. The molecule has 0 saturated carbocycles. The fraction of sp³-hybridized carbons (Fsp3) is 0.385. The van der Waals surface area contributed by atoms with Crippen molar-refractivity contribution in [1.82, 2.24) is 4.90 Å². The summed E-state index contributed by atoms with van der Waals surface area (Å²) >= 11 is 0. The molecule has 1 saturated heterocycles. The lowest BCUT2D eigenvalue weighted by Crippen LogP contribution is -2.52. The van der Waals surface area contributed by atoms with Crippen LogP contribution in [-0.4, -0.2) is 49.5 Å². The van der Waals surface area contributed by atoms with Crippen molar-refractivity contribution in [1.29, 1.82) is 0 Å². The molecule has 0 aromatic heterocycles.